The van der Waals surface area contributed by atoms with Crippen molar-refractivity contribution in [3.05, 3.63) is 84.2 Å². The topological polar surface area (TPSA) is 117 Å². The number of aryl methyl sites for hydroxylation is 1. The molecule has 0 saturated carbocycles. The normalized spacial score (nSPS) is 12.3. The summed E-state index contributed by atoms with van der Waals surface area (Å²) < 4.78 is 9.21. The molecule has 39 heavy (non-hydrogen) atoms. The van der Waals surface area contributed by atoms with Gasteiger partial charge >= 0.3 is 0 Å². The number of nitrogens with zero attached hydrogens (tertiary/aromatic N) is 8. The summed E-state index contributed by atoms with van der Waals surface area (Å²) in [6.45, 7) is 7.57. The fourth-order valence-corrected chi connectivity index (χ4v) is 4.23. The van der Waals surface area contributed by atoms with Gasteiger partial charge in [-0.3, -0.25) is 0 Å². The molecule has 0 aliphatic rings. The maximum absolute atomic E-state index is 10.1. The number of anilines is 1. The molecule has 0 aliphatic carbocycles. The van der Waals surface area contributed by atoms with E-state index < -0.39 is 5.60 Å². The van der Waals surface area contributed by atoms with Crippen molar-refractivity contribution in [3.8, 4) is 28.8 Å². The zero-order valence-corrected chi connectivity index (χ0v) is 22.6. The Morgan fingerprint density at radius 1 is 1.08 bits per heavy atom. The molecule has 0 aromatic carbocycles. The molecule has 1 N–H and O–H groups in total. The highest BCUT2D eigenvalue weighted by Crippen LogP contribution is 2.32. The fourth-order valence-electron chi connectivity index (χ4n) is 4.23. The monoisotopic (exact) mass is 522 g/mol. The zero-order chi connectivity index (χ0) is 27.7. The summed E-state index contributed by atoms with van der Waals surface area (Å²) in [5.74, 6) is 2.08. The van der Waals surface area contributed by atoms with Crippen LogP contribution in [0.5, 0.6) is 5.75 Å². The maximum atomic E-state index is 10.1. The van der Waals surface area contributed by atoms with Crippen LogP contribution in [0.1, 0.15) is 43.5 Å². The molecule has 5 aromatic rings. The largest absolute Gasteiger partial charge is 0.489 e. The Bertz CT molecular complexity index is 1640. The molecule has 10 heteroatoms. The summed E-state index contributed by atoms with van der Waals surface area (Å²) in [7, 11) is 1.99. The second kappa shape index (κ2) is 10.2. The average molecular weight is 523 g/mol. The second-order valence-electron chi connectivity index (χ2n) is 10.3. The van der Waals surface area contributed by atoms with Gasteiger partial charge in [0.1, 0.15) is 24.2 Å². The highest BCUT2D eigenvalue weighted by atomic mass is 16.5. The van der Waals surface area contributed by atoms with Gasteiger partial charge in [0.25, 0.3) is 0 Å². The number of nitriles is 1. The van der Waals surface area contributed by atoms with Gasteiger partial charge in [-0.05, 0) is 63.1 Å². The van der Waals surface area contributed by atoms with Crippen LogP contribution in [-0.2, 0) is 0 Å². The van der Waals surface area contributed by atoms with E-state index >= 15 is 0 Å². The van der Waals surface area contributed by atoms with Crippen molar-refractivity contribution < 1.29 is 9.84 Å². The fraction of sp³-hybridized carbons (Fsp3) is 0.276. The summed E-state index contributed by atoms with van der Waals surface area (Å²) in [6.07, 6.45) is 10.6. The Morgan fingerprint density at radius 3 is 2.51 bits per heavy atom. The van der Waals surface area contributed by atoms with Crippen molar-refractivity contribution >= 4 is 11.3 Å². The van der Waals surface area contributed by atoms with Gasteiger partial charge in [-0.1, -0.05) is 6.07 Å². The SMILES string of the molecule is Cc1cnn(-c2ccc(C(C)N(C)c3ccc(-c4cc(OCC(C)(C)O)cn5ncc(C#N)c45)cn3)cn2)c1. The quantitative estimate of drug-likeness (QED) is 0.316. The lowest BCUT2D eigenvalue weighted by molar-refractivity contribution is 0.0283. The Morgan fingerprint density at radius 2 is 1.90 bits per heavy atom. The number of rotatable bonds is 8. The number of pyridine rings is 3. The highest BCUT2D eigenvalue weighted by Gasteiger charge is 2.18. The Hall–Kier alpha value is -4.75. The van der Waals surface area contributed by atoms with Gasteiger partial charge in [-0.2, -0.15) is 15.5 Å². The lowest BCUT2D eigenvalue weighted by Gasteiger charge is -2.26. The zero-order valence-electron chi connectivity index (χ0n) is 22.6. The van der Waals surface area contributed by atoms with E-state index in [2.05, 4.69) is 33.1 Å². The van der Waals surface area contributed by atoms with Crippen LogP contribution in [0.2, 0.25) is 0 Å². The molecule has 0 bridgehead atoms. The number of ether oxygens (including phenoxy) is 1. The number of aromatic nitrogens is 6. The molecule has 198 valence electrons. The number of hydrogen-bond acceptors (Lipinski definition) is 8. The standard InChI is InChI=1S/C29H30N8O2/c1-19-12-33-36(16-19)27-9-6-21(13-32-27)20(2)35(5)26-8-7-22(14-31-26)25-10-24(39-18-29(3,4)38)17-37-28(25)23(11-30)15-34-37/h6-10,12-17,20,38H,18H2,1-5H3. The van der Waals surface area contributed by atoms with Crippen molar-refractivity contribution in [1.82, 2.24) is 29.4 Å². The van der Waals surface area contributed by atoms with Gasteiger partial charge in [0.2, 0.25) is 0 Å². The van der Waals surface area contributed by atoms with E-state index in [-0.39, 0.29) is 12.6 Å². The summed E-state index contributed by atoms with van der Waals surface area (Å²) in [5.41, 5.74) is 3.84. The molecule has 0 saturated heterocycles. The smallest absolute Gasteiger partial charge is 0.153 e. The number of aliphatic hydroxyl groups is 1. The van der Waals surface area contributed by atoms with Gasteiger partial charge < -0.3 is 14.7 Å². The van der Waals surface area contributed by atoms with E-state index in [0.29, 0.717) is 16.8 Å². The first-order chi connectivity index (χ1) is 18.6. The van der Waals surface area contributed by atoms with E-state index in [9.17, 15) is 10.4 Å². The van der Waals surface area contributed by atoms with Crippen molar-refractivity contribution in [3.63, 3.8) is 0 Å². The van der Waals surface area contributed by atoms with E-state index in [0.717, 1.165) is 33.9 Å². The molecule has 0 aliphatic heterocycles. The summed E-state index contributed by atoms with van der Waals surface area (Å²) in [5, 5.41) is 28.4. The molecule has 0 fully saturated rings. The molecule has 1 atom stereocenters. The van der Waals surface area contributed by atoms with Gasteiger partial charge in [0.15, 0.2) is 5.82 Å². The van der Waals surface area contributed by atoms with Gasteiger partial charge in [-0.15, -0.1) is 0 Å². The third-order valence-electron chi connectivity index (χ3n) is 6.50. The molecule has 0 spiro atoms. The Balaban J connectivity index is 1.40. The van der Waals surface area contributed by atoms with Crippen LogP contribution in [-0.4, -0.2) is 53.7 Å². The first-order valence-corrected chi connectivity index (χ1v) is 12.6. The Kier molecular flexibility index (Phi) is 6.76. The highest BCUT2D eigenvalue weighted by molar-refractivity contribution is 5.85. The van der Waals surface area contributed by atoms with Gasteiger partial charge in [-0.25, -0.2) is 19.2 Å². The lowest BCUT2D eigenvalue weighted by atomic mass is 10.0. The molecular formula is C29H30N8O2. The predicted molar refractivity (Wildman–Crippen MR) is 148 cm³/mol. The van der Waals surface area contributed by atoms with Crippen LogP contribution in [0.25, 0.3) is 22.5 Å². The van der Waals surface area contributed by atoms with E-state index in [1.807, 2.05) is 56.7 Å². The predicted octanol–water partition coefficient (Wildman–Crippen LogP) is 4.50. The van der Waals surface area contributed by atoms with E-state index in [1.165, 1.54) is 6.20 Å². The second-order valence-corrected chi connectivity index (χ2v) is 10.3. The van der Waals surface area contributed by atoms with Crippen LogP contribution in [0.15, 0.2) is 67.5 Å². The molecule has 10 nitrogen and oxygen atoms in total. The van der Waals surface area contributed by atoms with Crippen LogP contribution in [0.4, 0.5) is 5.82 Å². The van der Waals surface area contributed by atoms with Crippen LogP contribution < -0.4 is 9.64 Å². The van der Waals surface area contributed by atoms with Crippen molar-refractivity contribution in [2.45, 2.75) is 39.3 Å². The van der Waals surface area contributed by atoms with Gasteiger partial charge in [0, 0.05) is 36.8 Å². The Labute approximate surface area is 226 Å². The first-order valence-electron chi connectivity index (χ1n) is 12.6. The van der Waals surface area contributed by atoms with Crippen LogP contribution in [0.3, 0.4) is 0 Å². The molecule has 0 radical (unpaired) electrons. The minimum atomic E-state index is -0.990. The van der Waals surface area contributed by atoms with Crippen LogP contribution >= 0.6 is 0 Å². The molecule has 0 amide bonds. The molecule has 5 heterocycles. The van der Waals surface area contributed by atoms with Crippen molar-refractivity contribution in [2.24, 2.45) is 0 Å². The number of fused-ring (bicyclic) bond motifs is 1. The lowest BCUT2D eigenvalue weighted by Crippen LogP contribution is -2.27. The summed E-state index contributed by atoms with van der Waals surface area (Å²) >= 11 is 0. The first kappa shape index (κ1) is 25.9. The van der Waals surface area contributed by atoms with E-state index in [4.69, 9.17) is 9.72 Å². The molecule has 1 unspecified atom stereocenters. The van der Waals surface area contributed by atoms with E-state index in [1.54, 1.807) is 41.6 Å². The van der Waals surface area contributed by atoms with Gasteiger partial charge in [0.05, 0.1) is 41.3 Å². The summed E-state index contributed by atoms with van der Waals surface area (Å²) in [6, 6.07) is 12.0. The number of hydrogen-bond donors (Lipinski definition) is 1. The average Bonchev–Trinajstić information content (AvgIpc) is 3.56. The van der Waals surface area contributed by atoms with Crippen LogP contribution in [0, 0.1) is 18.3 Å². The minimum Gasteiger partial charge on any atom is -0.489 e. The van der Waals surface area contributed by atoms with Crippen molar-refractivity contribution in [1.29, 1.82) is 5.26 Å². The third kappa shape index (κ3) is 5.44. The molecular weight excluding hydrogens is 492 g/mol. The maximum Gasteiger partial charge on any atom is 0.153 e. The minimum absolute atomic E-state index is 0.0227. The third-order valence-corrected chi connectivity index (χ3v) is 6.50. The molecule has 5 aromatic heterocycles. The molecule has 5 rings (SSSR count). The summed E-state index contributed by atoms with van der Waals surface area (Å²) in [4.78, 5) is 11.4. The van der Waals surface area contributed by atoms with Crippen molar-refractivity contribution in [2.75, 3.05) is 18.6 Å².